The Labute approximate surface area is 171 Å². The van der Waals surface area contributed by atoms with E-state index in [0.717, 1.165) is 3.59 Å². The number of hydrogen-bond acceptors (Lipinski definition) is 1. The van der Waals surface area contributed by atoms with E-state index in [-0.39, 0.29) is 15.1 Å². The molecule has 0 N–H and O–H groups in total. The molecule has 0 saturated heterocycles. The van der Waals surface area contributed by atoms with Gasteiger partial charge in [0, 0.05) is 0 Å². The Balaban J connectivity index is 2.01. The van der Waals surface area contributed by atoms with Gasteiger partial charge in [-0.3, -0.25) is 0 Å². The molecule has 0 saturated carbocycles. The van der Waals surface area contributed by atoms with Gasteiger partial charge in [-0.25, -0.2) is 0 Å². The third-order valence-corrected chi connectivity index (χ3v) is 20.1. The average Bonchev–Trinajstić information content (AvgIpc) is 2.72. The van der Waals surface area contributed by atoms with Crippen LogP contribution < -0.4 is 0 Å². The van der Waals surface area contributed by atoms with Crippen molar-refractivity contribution in [2.75, 3.05) is 0 Å². The molecule has 0 spiro atoms. The molecule has 0 atom stereocenters. The minimum atomic E-state index is -3.35. The number of carbonyl (C=O) groups excluding carboxylic acids is 1. The standard InChI is InChI=1S/C20H13.C4H5O.2CH3.Sn/c1-2-8-14-13(7-1)19-15-9-3-5-11-17(15)20(14)18-12-6-4-10-16(18)19;1-3-4(2)5;;;/h1-12,19H;1H2,2H3;2*1H3;. The Kier molecular flexibility index (Phi) is 3.80. The summed E-state index contributed by atoms with van der Waals surface area (Å²) in [4.78, 5) is 17.4. The van der Waals surface area contributed by atoms with Crippen LogP contribution >= 0.6 is 0 Å². The maximum atomic E-state index is 12.6. The first-order chi connectivity index (χ1) is 13.4. The van der Waals surface area contributed by atoms with Crippen molar-refractivity contribution in [3.63, 3.8) is 0 Å². The SMILES string of the molecule is C=[C](C(C)=O)[Sn]([CH3])([CH3])[C]12c3ccccc3C(c3ccccc31)c1ccccc12. The van der Waals surface area contributed by atoms with Gasteiger partial charge < -0.3 is 0 Å². The van der Waals surface area contributed by atoms with Gasteiger partial charge in [0.25, 0.3) is 0 Å². The van der Waals surface area contributed by atoms with Crippen LogP contribution in [0.3, 0.4) is 0 Å². The molecule has 3 aromatic rings. The molecular weight excluding hydrogens is 447 g/mol. The Morgan fingerprint density at radius 2 is 1.14 bits per heavy atom. The van der Waals surface area contributed by atoms with Crippen LogP contribution in [0.2, 0.25) is 9.88 Å². The van der Waals surface area contributed by atoms with Gasteiger partial charge in [-0.1, -0.05) is 0 Å². The molecule has 2 heteroatoms. The van der Waals surface area contributed by atoms with Gasteiger partial charge in [0.2, 0.25) is 0 Å². The summed E-state index contributed by atoms with van der Waals surface area (Å²) >= 11 is -3.35. The van der Waals surface area contributed by atoms with Crippen molar-refractivity contribution in [1.29, 1.82) is 0 Å². The zero-order valence-electron chi connectivity index (χ0n) is 16.6. The summed E-state index contributed by atoms with van der Waals surface area (Å²) in [7, 11) is 0. The van der Waals surface area contributed by atoms with Gasteiger partial charge in [0.05, 0.1) is 0 Å². The third-order valence-electron chi connectivity index (χ3n) is 7.14. The van der Waals surface area contributed by atoms with Crippen molar-refractivity contribution in [2.24, 2.45) is 0 Å². The molecule has 1 nitrogen and oxygen atoms in total. The van der Waals surface area contributed by atoms with Crippen LogP contribution in [0.4, 0.5) is 0 Å². The van der Waals surface area contributed by atoms with E-state index in [0.29, 0.717) is 0 Å². The van der Waals surface area contributed by atoms with Crippen LogP contribution in [0.5, 0.6) is 0 Å². The molecule has 3 aliphatic carbocycles. The van der Waals surface area contributed by atoms with E-state index in [2.05, 4.69) is 89.3 Å². The second-order valence-corrected chi connectivity index (χ2v) is 21.7. The van der Waals surface area contributed by atoms with Crippen LogP contribution in [0.1, 0.15) is 46.2 Å². The minimum absolute atomic E-state index is 0.148. The monoisotopic (exact) mass is 472 g/mol. The van der Waals surface area contributed by atoms with E-state index in [9.17, 15) is 4.79 Å². The molecule has 2 bridgehead atoms. The van der Waals surface area contributed by atoms with E-state index in [1.807, 2.05) is 0 Å². The average molecular weight is 471 g/mol. The Bertz CT molecular complexity index is 1040. The van der Waals surface area contributed by atoms with Gasteiger partial charge in [-0.2, -0.15) is 0 Å². The van der Waals surface area contributed by atoms with Crippen molar-refractivity contribution < 1.29 is 4.79 Å². The van der Waals surface area contributed by atoms with Gasteiger partial charge in [0.1, 0.15) is 0 Å². The summed E-state index contributed by atoms with van der Waals surface area (Å²) in [6.45, 7) is 6.06. The molecular formula is C26H24OSn. The summed E-state index contributed by atoms with van der Waals surface area (Å²) in [6, 6.07) is 26.7. The molecule has 0 amide bonds. The predicted molar refractivity (Wildman–Crippen MR) is 117 cm³/mol. The van der Waals surface area contributed by atoms with Crippen LogP contribution in [-0.2, 0) is 8.23 Å². The normalized spacial score (nSPS) is 21.5. The quantitative estimate of drug-likeness (QED) is 0.351. The third kappa shape index (κ3) is 1.96. The Hall–Kier alpha value is -2.13. The molecule has 0 radical (unpaired) electrons. The number of rotatable bonds is 3. The molecule has 138 valence electrons. The first-order valence-corrected chi connectivity index (χ1v) is 18.5. The number of hydrogen-bond donors (Lipinski definition) is 0. The van der Waals surface area contributed by atoms with E-state index in [1.54, 1.807) is 6.92 Å². The fourth-order valence-corrected chi connectivity index (χ4v) is 17.4. The fourth-order valence-electron chi connectivity index (χ4n) is 5.88. The second kappa shape index (κ2) is 5.93. The molecule has 0 fully saturated rings. The van der Waals surface area contributed by atoms with Crippen LogP contribution in [0, 0.1) is 0 Å². The molecule has 3 aliphatic rings. The molecule has 28 heavy (non-hydrogen) atoms. The van der Waals surface area contributed by atoms with E-state index >= 15 is 0 Å². The first-order valence-electron chi connectivity index (χ1n) is 9.91. The van der Waals surface area contributed by atoms with Gasteiger partial charge in [0.15, 0.2) is 0 Å². The molecule has 6 rings (SSSR count). The van der Waals surface area contributed by atoms with Gasteiger partial charge in [-0.05, 0) is 0 Å². The first kappa shape index (κ1) is 17.9. The maximum absolute atomic E-state index is 12.6. The van der Waals surface area contributed by atoms with E-state index in [1.165, 1.54) is 33.4 Å². The Morgan fingerprint density at radius 1 is 0.786 bits per heavy atom. The molecule has 0 heterocycles. The topological polar surface area (TPSA) is 17.1 Å². The molecule has 0 unspecified atom stereocenters. The molecule has 0 aromatic heterocycles. The zero-order valence-corrected chi connectivity index (χ0v) is 19.5. The van der Waals surface area contributed by atoms with Crippen LogP contribution in [0.25, 0.3) is 0 Å². The van der Waals surface area contributed by atoms with Crippen LogP contribution in [0.15, 0.2) is 83.0 Å². The number of ketones is 1. The Morgan fingerprint density at radius 3 is 1.50 bits per heavy atom. The summed E-state index contributed by atoms with van der Waals surface area (Å²) < 4.78 is 0.657. The summed E-state index contributed by atoms with van der Waals surface area (Å²) in [5.41, 5.74) is 8.42. The fraction of sp³-hybridized carbons (Fsp3) is 0.192. The van der Waals surface area contributed by atoms with Crippen molar-refractivity contribution >= 4 is 24.2 Å². The number of Topliss-reactive ketones (excluding diaryl/α,β-unsaturated/α-hetero) is 1. The summed E-state index contributed by atoms with van der Waals surface area (Å²) in [6.07, 6.45) is 0. The van der Waals surface area contributed by atoms with E-state index in [4.69, 9.17) is 0 Å². The predicted octanol–water partition coefficient (Wildman–Crippen LogP) is 5.76. The molecule has 3 aromatic carbocycles. The van der Waals surface area contributed by atoms with Crippen molar-refractivity contribution in [1.82, 2.24) is 0 Å². The van der Waals surface area contributed by atoms with Crippen molar-refractivity contribution in [2.45, 2.75) is 26.2 Å². The number of benzene rings is 3. The number of carbonyl (C=O) groups is 1. The van der Waals surface area contributed by atoms with Gasteiger partial charge in [-0.15, -0.1) is 0 Å². The second-order valence-electron chi connectivity index (χ2n) is 8.60. The van der Waals surface area contributed by atoms with Crippen molar-refractivity contribution in [3.05, 3.63) is 116 Å². The van der Waals surface area contributed by atoms with E-state index < -0.39 is 18.4 Å². The summed E-state index contributed by atoms with van der Waals surface area (Å²) in [5.74, 6) is 0.425. The number of allylic oxidation sites excluding steroid dienone is 1. The zero-order chi connectivity index (χ0) is 19.7. The van der Waals surface area contributed by atoms with Crippen molar-refractivity contribution in [3.8, 4) is 0 Å². The van der Waals surface area contributed by atoms with Crippen LogP contribution in [-0.4, -0.2) is 24.2 Å². The van der Waals surface area contributed by atoms with Gasteiger partial charge >= 0.3 is 171 Å². The molecule has 0 aliphatic heterocycles. The summed E-state index contributed by atoms with van der Waals surface area (Å²) in [5, 5.41) is 0.